The third kappa shape index (κ3) is 1.93. The smallest absolute Gasteiger partial charge is 0.0994 e. The molecule has 0 radical (unpaired) electrons. The molecule has 0 aliphatic carbocycles. The van der Waals surface area contributed by atoms with E-state index in [4.69, 9.17) is 11.6 Å². The molecule has 3 nitrogen and oxygen atoms in total. The van der Waals surface area contributed by atoms with Crippen LogP contribution in [0.3, 0.4) is 0 Å². The molecular formula is C14H16ClN3. The third-order valence-electron chi connectivity index (χ3n) is 3.58. The Morgan fingerprint density at radius 1 is 1.44 bits per heavy atom. The fourth-order valence-electron chi connectivity index (χ4n) is 2.56. The van der Waals surface area contributed by atoms with Crippen LogP contribution in [0.15, 0.2) is 30.7 Å². The molecule has 2 aromatic rings. The van der Waals surface area contributed by atoms with Crippen LogP contribution in [0.4, 0.5) is 0 Å². The summed E-state index contributed by atoms with van der Waals surface area (Å²) in [6.07, 6.45) is 6.22. The van der Waals surface area contributed by atoms with Gasteiger partial charge in [-0.2, -0.15) is 0 Å². The van der Waals surface area contributed by atoms with E-state index in [1.807, 2.05) is 31.6 Å². The van der Waals surface area contributed by atoms with Crippen molar-refractivity contribution < 1.29 is 0 Å². The molecule has 4 heteroatoms. The van der Waals surface area contributed by atoms with Crippen molar-refractivity contribution in [2.75, 3.05) is 6.54 Å². The summed E-state index contributed by atoms with van der Waals surface area (Å²) in [5.74, 6) is 0. The highest BCUT2D eigenvalue weighted by atomic mass is 35.5. The van der Waals surface area contributed by atoms with Crippen molar-refractivity contribution in [3.05, 3.63) is 47.0 Å². The van der Waals surface area contributed by atoms with E-state index in [0.29, 0.717) is 6.04 Å². The maximum atomic E-state index is 6.19. The normalized spacial score (nSPS) is 19.3. The van der Waals surface area contributed by atoms with Crippen LogP contribution in [-0.4, -0.2) is 16.1 Å². The van der Waals surface area contributed by atoms with E-state index in [1.54, 1.807) is 0 Å². The predicted octanol–water partition coefficient (Wildman–Crippen LogP) is 3.26. The van der Waals surface area contributed by atoms with Crippen LogP contribution in [-0.2, 0) is 0 Å². The van der Waals surface area contributed by atoms with E-state index >= 15 is 0 Å². The van der Waals surface area contributed by atoms with E-state index in [-0.39, 0.29) is 0 Å². The zero-order valence-electron chi connectivity index (χ0n) is 10.4. The molecule has 1 N–H and O–H groups in total. The van der Waals surface area contributed by atoms with Crippen LogP contribution in [0.1, 0.15) is 30.1 Å². The van der Waals surface area contributed by atoms with Gasteiger partial charge >= 0.3 is 0 Å². The SMILES string of the molecule is Cc1c(Cl)cccc1-n1cncc1[C@@H]1CCCN1. The van der Waals surface area contributed by atoms with Gasteiger partial charge in [0.2, 0.25) is 0 Å². The Labute approximate surface area is 112 Å². The average molecular weight is 262 g/mol. The highest BCUT2D eigenvalue weighted by Gasteiger charge is 2.20. The standard InChI is InChI=1S/C14H16ClN3/c1-10-11(15)4-2-6-13(10)18-9-16-8-14(18)12-5-3-7-17-12/h2,4,6,8-9,12,17H,3,5,7H2,1H3/t12-/m0/s1. The number of nitrogens with zero attached hydrogens (tertiary/aromatic N) is 2. The average Bonchev–Trinajstić information content (AvgIpc) is 3.01. The van der Waals surface area contributed by atoms with Gasteiger partial charge in [-0.05, 0) is 44.0 Å². The summed E-state index contributed by atoms with van der Waals surface area (Å²) in [4.78, 5) is 4.29. The number of imidazole rings is 1. The molecule has 18 heavy (non-hydrogen) atoms. The molecule has 1 fully saturated rings. The van der Waals surface area contributed by atoms with Crippen LogP contribution >= 0.6 is 11.6 Å². The van der Waals surface area contributed by atoms with Crippen molar-refractivity contribution in [1.82, 2.24) is 14.9 Å². The first-order valence-corrected chi connectivity index (χ1v) is 6.66. The van der Waals surface area contributed by atoms with Crippen LogP contribution < -0.4 is 5.32 Å². The van der Waals surface area contributed by atoms with Gasteiger partial charge in [0, 0.05) is 11.1 Å². The molecule has 1 atom stereocenters. The van der Waals surface area contributed by atoms with E-state index in [0.717, 1.165) is 22.8 Å². The number of halogens is 1. The number of nitrogens with one attached hydrogen (secondary N) is 1. The van der Waals surface area contributed by atoms with E-state index < -0.39 is 0 Å². The maximum Gasteiger partial charge on any atom is 0.0994 e. The van der Waals surface area contributed by atoms with E-state index in [1.165, 1.54) is 18.5 Å². The van der Waals surface area contributed by atoms with Crippen molar-refractivity contribution in [1.29, 1.82) is 0 Å². The minimum atomic E-state index is 0.408. The first kappa shape index (κ1) is 11.8. The highest BCUT2D eigenvalue weighted by molar-refractivity contribution is 6.31. The van der Waals surface area contributed by atoms with Gasteiger partial charge < -0.3 is 9.88 Å². The molecule has 1 aliphatic heterocycles. The quantitative estimate of drug-likeness (QED) is 0.899. The number of aromatic nitrogens is 2. The lowest BCUT2D eigenvalue weighted by Gasteiger charge is -2.16. The first-order chi connectivity index (χ1) is 8.77. The van der Waals surface area contributed by atoms with Gasteiger partial charge in [0.1, 0.15) is 0 Å². The molecule has 0 saturated carbocycles. The monoisotopic (exact) mass is 261 g/mol. The molecule has 2 heterocycles. The summed E-state index contributed by atoms with van der Waals surface area (Å²) in [5, 5.41) is 4.31. The van der Waals surface area contributed by atoms with Crippen LogP contribution in [0, 0.1) is 6.92 Å². The molecule has 94 valence electrons. The zero-order valence-corrected chi connectivity index (χ0v) is 11.1. The van der Waals surface area contributed by atoms with Crippen LogP contribution in [0.2, 0.25) is 5.02 Å². The second-order valence-electron chi connectivity index (χ2n) is 4.72. The molecule has 1 aliphatic rings. The first-order valence-electron chi connectivity index (χ1n) is 6.28. The largest absolute Gasteiger partial charge is 0.309 e. The van der Waals surface area contributed by atoms with Gasteiger partial charge in [-0.1, -0.05) is 17.7 Å². The lowest BCUT2D eigenvalue weighted by atomic mass is 10.1. The van der Waals surface area contributed by atoms with Crippen molar-refractivity contribution in [3.63, 3.8) is 0 Å². The Kier molecular flexibility index (Phi) is 3.10. The minimum absolute atomic E-state index is 0.408. The maximum absolute atomic E-state index is 6.19. The van der Waals surface area contributed by atoms with Crippen molar-refractivity contribution in [2.45, 2.75) is 25.8 Å². The lowest BCUT2D eigenvalue weighted by Crippen LogP contribution is -2.16. The second-order valence-corrected chi connectivity index (χ2v) is 5.13. The van der Waals surface area contributed by atoms with Gasteiger partial charge in [-0.25, -0.2) is 4.98 Å². The summed E-state index contributed by atoms with van der Waals surface area (Å²) in [6.45, 7) is 3.13. The molecule has 0 unspecified atom stereocenters. The predicted molar refractivity (Wildman–Crippen MR) is 73.3 cm³/mol. The van der Waals surface area contributed by atoms with Crippen molar-refractivity contribution in [2.24, 2.45) is 0 Å². The molecule has 0 bridgehead atoms. The minimum Gasteiger partial charge on any atom is -0.309 e. The molecule has 1 aromatic heterocycles. The van der Waals surface area contributed by atoms with Gasteiger partial charge in [0.05, 0.1) is 23.9 Å². The molecule has 1 aromatic carbocycles. The summed E-state index contributed by atoms with van der Waals surface area (Å²) in [7, 11) is 0. The van der Waals surface area contributed by atoms with Crippen molar-refractivity contribution >= 4 is 11.6 Å². The number of benzene rings is 1. The second kappa shape index (κ2) is 4.75. The van der Waals surface area contributed by atoms with Gasteiger partial charge in [0.15, 0.2) is 0 Å². The van der Waals surface area contributed by atoms with Gasteiger partial charge in [-0.15, -0.1) is 0 Å². The topological polar surface area (TPSA) is 29.9 Å². The summed E-state index contributed by atoms with van der Waals surface area (Å²) in [5.41, 5.74) is 3.43. The Balaban J connectivity index is 2.06. The van der Waals surface area contributed by atoms with Crippen LogP contribution in [0.25, 0.3) is 5.69 Å². The molecule has 0 spiro atoms. The lowest BCUT2D eigenvalue weighted by molar-refractivity contribution is 0.615. The highest BCUT2D eigenvalue weighted by Crippen LogP contribution is 2.28. The van der Waals surface area contributed by atoms with Crippen LogP contribution in [0.5, 0.6) is 0 Å². The Morgan fingerprint density at radius 2 is 2.33 bits per heavy atom. The molecule has 3 rings (SSSR count). The Bertz CT molecular complexity index is 556. The number of hydrogen-bond acceptors (Lipinski definition) is 2. The Morgan fingerprint density at radius 3 is 3.11 bits per heavy atom. The fourth-order valence-corrected chi connectivity index (χ4v) is 2.73. The number of hydrogen-bond donors (Lipinski definition) is 1. The Hall–Kier alpha value is -1.32. The third-order valence-corrected chi connectivity index (χ3v) is 3.99. The van der Waals surface area contributed by atoms with E-state index in [2.05, 4.69) is 20.9 Å². The summed E-state index contributed by atoms with van der Waals surface area (Å²) >= 11 is 6.19. The fraction of sp³-hybridized carbons (Fsp3) is 0.357. The van der Waals surface area contributed by atoms with E-state index in [9.17, 15) is 0 Å². The molecule has 1 saturated heterocycles. The van der Waals surface area contributed by atoms with Gasteiger partial charge in [-0.3, -0.25) is 0 Å². The zero-order chi connectivity index (χ0) is 12.5. The molecule has 0 amide bonds. The van der Waals surface area contributed by atoms with Crippen molar-refractivity contribution in [3.8, 4) is 5.69 Å². The van der Waals surface area contributed by atoms with Gasteiger partial charge in [0.25, 0.3) is 0 Å². The summed E-state index contributed by atoms with van der Waals surface area (Å²) in [6, 6.07) is 6.40. The molecular weight excluding hydrogens is 246 g/mol. The number of rotatable bonds is 2. The summed E-state index contributed by atoms with van der Waals surface area (Å²) < 4.78 is 2.14.